The van der Waals surface area contributed by atoms with Gasteiger partial charge in [-0.15, -0.1) is 0 Å². The van der Waals surface area contributed by atoms with Gasteiger partial charge in [-0.2, -0.15) is 10.4 Å². The summed E-state index contributed by atoms with van der Waals surface area (Å²) < 4.78 is 5.70. The van der Waals surface area contributed by atoms with E-state index >= 15 is 0 Å². The number of aryl methyl sites for hydroxylation is 2. The number of carbonyl (C=O) groups is 1. The average molecular weight is 326 g/mol. The highest BCUT2D eigenvalue weighted by Gasteiger charge is 2.29. The van der Waals surface area contributed by atoms with E-state index < -0.39 is 0 Å². The number of hydrogen-bond acceptors (Lipinski definition) is 6. The van der Waals surface area contributed by atoms with Crippen LogP contribution in [0.3, 0.4) is 0 Å². The second-order valence-electron chi connectivity index (χ2n) is 5.55. The van der Waals surface area contributed by atoms with Gasteiger partial charge < -0.3 is 9.64 Å². The zero-order valence-electron chi connectivity index (χ0n) is 13.6. The zero-order valence-corrected chi connectivity index (χ0v) is 13.6. The zero-order chi connectivity index (χ0) is 17.1. The highest BCUT2D eigenvalue weighted by atomic mass is 16.5. The lowest BCUT2D eigenvalue weighted by molar-refractivity contribution is -0.0268. The number of H-pyrrole nitrogens is 1. The Morgan fingerprint density at radius 1 is 1.50 bits per heavy atom. The lowest BCUT2D eigenvalue weighted by Gasteiger charge is -2.31. The Bertz CT molecular complexity index is 794. The number of aromatic nitrogens is 4. The van der Waals surface area contributed by atoms with Crippen molar-refractivity contribution in [2.24, 2.45) is 0 Å². The van der Waals surface area contributed by atoms with Gasteiger partial charge in [0, 0.05) is 13.0 Å². The molecule has 0 unspecified atom stereocenters. The molecule has 24 heavy (non-hydrogen) atoms. The Morgan fingerprint density at radius 2 is 2.33 bits per heavy atom. The fourth-order valence-corrected chi connectivity index (χ4v) is 2.56. The van der Waals surface area contributed by atoms with Crippen LogP contribution in [-0.2, 0) is 11.2 Å². The van der Waals surface area contributed by atoms with Crippen molar-refractivity contribution >= 4 is 5.91 Å². The van der Waals surface area contributed by atoms with Gasteiger partial charge in [-0.05, 0) is 19.1 Å². The molecule has 0 saturated carbocycles. The molecule has 1 aliphatic heterocycles. The average Bonchev–Trinajstić information content (AvgIpc) is 3.10. The van der Waals surface area contributed by atoms with Crippen LogP contribution in [0.2, 0.25) is 0 Å². The number of nitriles is 1. The van der Waals surface area contributed by atoms with E-state index in [1.807, 2.05) is 13.0 Å². The smallest absolute Gasteiger partial charge is 0.272 e. The summed E-state index contributed by atoms with van der Waals surface area (Å²) >= 11 is 0. The maximum Gasteiger partial charge on any atom is 0.272 e. The predicted octanol–water partition coefficient (Wildman–Crippen LogP) is 1.16. The molecule has 1 saturated heterocycles. The highest BCUT2D eigenvalue weighted by Crippen LogP contribution is 2.20. The van der Waals surface area contributed by atoms with E-state index in [4.69, 9.17) is 10.00 Å². The first-order valence-corrected chi connectivity index (χ1v) is 7.82. The lowest BCUT2D eigenvalue weighted by Crippen LogP contribution is -2.42. The van der Waals surface area contributed by atoms with Crippen molar-refractivity contribution in [1.29, 1.82) is 5.26 Å². The summed E-state index contributed by atoms with van der Waals surface area (Å²) in [7, 11) is 0. The number of morpholine rings is 1. The van der Waals surface area contributed by atoms with E-state index in [1.165, 1.54) is 0 Å². The first-order valence-electron chi connectivity index (χ1n) is 7.82. The molecule has 8 nitrogen and oxygen atoms in total. The Kier molecular flexibility index (Phi) is 4.53. The molecule has 2 aromatic rings. The van der Waals surface area contributed by atoms with E-state index in [-0.39, 0.29) is 12.0 Å². The molecule has 0 bridgehead atoms. The summed E-state index contributed by atoms with van der Waals surface area (Å²) in [5, 5.41) is 16.0. The molecule has 1 atom stereocenters. The summed E-state index contributed by atoms with van der Waals surface area (Å²) in [6.07, 6.45) is 0.412. The first-order chi connectivity index (χ1) is 11.6. The molecule has 8 heteroatoms. The number of ether oxygens (including phenoxy) is 1. The molecule has 0 spiro atoms. The maximum absolute atomic E-state index is 12.7. The van der Waals surface area contributed by atoms with E-state index in [0.717, 1.165) is 12.2 Å². The number of rotatable bonds is 3. The number of amides is 1. The minimum atomic E-state index is -0.348. The van der Waals surface area contributed by atoms with Gasteiger partial charge >= 0.3 is 0 Å². The van der Waals surface area contributed by atoms with E-state index in [9.17, 15) is 4.79 Å². The molecule has 3 heterocycles. The van der Waals surface area contributed by atoms with Gasteiger partial charge in [0.15, 0.2) is 5.82 Å². The van der Waals surface area contributed by atoms with Gasteiger partial charge in [0.1, 0.15) is 23.7 Å². The molecule has 2 aromatic heterocycles. The molecule has 1 fully saturated rings. The van der Waals surface area contributed by atoms with Crippen molar-refractivity contribution in [3.05, 3.63) is 40.7 Å². The number of hydrogen-bond donors (Lipinski definition) is 1. The Morgan fingerprint density at radius 3 is 3.00 bits per heavy atom. The lowest BCUT2D eigenvalue weighted by atomic mass is 10.2. The summed E-state index contributed by atoms with van der Waals surface area (Å²) in [6.45, 7) is 4.99. The van der Waals surface area contributed by atoms with Crippen LogP contribution in [0, 0.1) is 18.3 Å². The SMILES string of the molecule is CCc1nc([C@@H]2CN(C(=O)c3ccc(C#N)c(C)n3)CCO2)n[nH]1. The van der Waals surface area contributed by atoms with Crippen molar-refractivity contribution in [3.8, 4) is 6.07 Å². The van der Waals surface area contributed by atoms with Gasteiger partial charge in [0.05, 0.1) is 24.4 Å². The third-order valence-corrected chi connectivity index (χ3v) is 3.95. The van der Waals surface area contributed by atoms with E-state index in [2.05, 4.69) is 20.2 Å². The van der Waals surface area contributed by atoms with Gasteiger partial charge in [-0.25, -0.2) is 9.97 Å². The monoisotopic (exact) mass is 326 g/mol. The number of carbonyl (C=O) groups excluding carboxylic acids is 1. The number of pyridine rings is 1. The van der Waals surface area contributed by atoms with Crippen LogP contribution in [0.25, 0.3) is 0 Å². The molecule has 1 N–H and O–H groups in total. The van der Waals surface area contributed by atoms with Gasteiger partial charge in [0.25, 0.3) is 5.91 Å². The van der Waals surface area contributed by atoms with Crippen LogP contribution >= 0.6 is 0 Å². The molecule has 0 radical (unpaired) electrons. The normalized spacial score (nSPS) is 17.5. The molecular weight excluding hydrogens is 308 g/mol. The van der Waals surface area contributed by atoms with Crippen molar-refractivity contribution in [1.82, 2.24) is 25.1 Å². The second kappa shape index (κ2) is 6.76. The predicted molar refractivity (Wildman–Crippen MR) is 84.0 cm³/mol. The topological polar surface area (TPSA) is 108 Å². The van der Waals surface area contributed by atoms with Gasteiger partial charge in [0.2, 0.25) is 0 Å². The minimum absolute atomic E-state index is 0.179. The Hall–Kier alpha value is -2.79. The molecular formula is C16H18N6O2. The van der Waals surface area contributed by atoms with E-state index in [1.54, 1.807) is 24.0 Å². The minimum Gasteiger partial charge on any atom is -0.366 e. The van der Waals surface area contributed by atoms with Gasteiger partial charge in [-0.1, -0.05) is 6.92 Å². The summed E-state index contributed by atoms with van der Waals surface area (Å²) in [5.74, 6) is 1.18. The van der Waals surface area contributed by atoms with Crippen molar-refractivity contribution in [2.45, 2.75) is 26.4 Å². The van der Waals surface area contributed by atoms with Crippen LogP contribution in [0.15, 0.2) is 12.1 Å². The molecule has 3 rings (SSSR count). The number of aromatic amines is 1. The van der Waals surface area contributed by atoms with Crippen LogP contribution in [-0.4, -0.2) is 50.7 Å². The van der Waals surface area contributed by atoms with Crippen LogP contribution in [0.1, 0.15) is 46.4 Å². The number of nitrogens with one attached hydrogen (secondary N) is 1. The molecule has 1 amide bonds. The summed E-state index contributed by atoms with van der Waals surface area (Å²) in [6, 6.07) is 5.25. The number of nitrogens with zero attached hydrogens (tertiary/aromatic N) is 5. The first kappa shape index (κ1) is 16.1. The fraction of sp³-hybridized carbons (Fsp3) is 0.438. The van der Waals surface area contributed by atoms with Crippen molar-refractivity contribution in [3.63, 3.8) is 0 Å². The molecule has 124 valence electrons. The fourth-order valence-electron chi connectivity index (χ4n) is 2.56. The quantitative estimate of drug-likeness (QED) is 0.906. The summed E-state index contributed by atoms with van der Waals surface area (Å²) in [5.41, 5.74) is 1.35. The largest absolute Gasteiger partial charge is 0.366 e. The van der Waals surface area contributed by atoms with Gasteiger partial charge in [-0.3, -0.25) is 9.89 Å². The third-order valence-electron chi connectivity index (χ3n) is 3.95. The van der Waals surface area contributed by atoms with Crippen LogP contribution in [0.5, 0.6) is 0 Å². The van der Waals surface area contributed by atoms with Crippen molar-refractivity contribution < 1.29 is 9.53 Å². The summed E-state index contributed by atoms with van der Waals surface area (Å²) in [4.78, 5) is 23.0. The molecule has 1 aliphatic rings. The standard InChI is InChI=1S/C16H18N6O2/c1-3-14-19-15(21-20-14)13-9-22(6-7-24-13)16(23)12-5-4-11(8-17)10(2)18-12/h4-5,13H,3,6-7,9H2,1-2H3,(H,19,20,21)/t13-/m0/s1. The highest BCUT2D eigenvalue weighted by molar-refractivity contribution is 5.92. The maximum atomic E-state index is 12.7. The van der Waals surface area contributed by atoms with Crippen LogP contribution < -0.4 is 0 Å². The Labute approximate surface area is 139 Å². The molecule has 0 aromatic carbocycles. The van der Waals surface area contributed by atoms with Crippen LogP contribution in [0.4, 0.5) is 0 Å². The Balaban J connectivity index is 1.75. The third kappa shape index (κ3) is 3.12. The van der Waals surface area contributed by atoms with Crippen molar-refractivity contribution in [2.75, 3.05) is 19.7 Å². The van der Waals surface area contributed by atoms with E-state index in [0.29, 0.717) is 42.5 Å². The second-order valence-corrected chi connectivity index (χ2v) is 5.55. The molecule has 0 aliphatic carbocycles.